The summed E-state index contributed by atoms with van der Waals surface area (Å²) in [5.74, 6) is 1.03. The van der Waals surface area contributed by atoms with Gasteiger partial charge in [0.25, 0.3) is 0 Å². The molecule has 0 heterocycles. The highest BCUT2D eigenvalue weighted by Crippen LogP contribution is 2.41. The Labute approximate surface area is 155 Å². The molecule has 0 N–H and O–H groups in total. The number of halogens is 2. The van der Waals surface area contributed by atoms with E-state index in [0.29, 0.717) is 5.92 Å². The van der Waals surface area contributed by atoms with Crippen LogP contribution in [-0.4, -0.2) is 0 Å². The lowest BCUT2D eigenvalue weighted by Crippen LogP contribution is -2.15. The molecule has 0 unspecified atom stereocenters. The van der Waals surface area contributed by atoms with E-state index in [2.05, 4.69) is 12.1 Å². The van der Waals surface area contributed by atoms with Gasteiger partial charge < -0.3 is 0 Å². The molecule has 2 aliphatic rings. The normalized spacial score (nSPS) is 24.1. The molecular weight excluding hydrogens is 326 g/mol. The summed E-state index contributed by atoms with van der Waals surface area (Å²) in [4.78, 5) is 0. The van der Waals surface area contributed by atoms with Crippen LogP contribution in [0.25, 0.3) is 11.1 Å². The van der Waals surface area contributed by atoms with Crippen LogP contribution in [0.15, 0.2) is 42.5 Å². The van der Waals surface area contributed by atoms with E-state index in [-0.39, 0.29) is 0 Å². The van der Waals surface area contributed by atoms with E-state index in [4.69, 9.17) is 0 Å². The molecule has 0 spiro atoms. The lowest BCUT2D eigenvalue weighted by molar-refractivity contribution is 0.270. The van der Waals surface area contributed by atoms with Gasteiger partial charge in [0.2, 0.25) is 0 Å². The van der Waals surface area contributed by atoms with Crippen molar-refractivity contribution in [2.24, 2.45) is 11.8 Å². The highest BCUT2D eigenvalue weighted by molar-refractivity contribution is 5.63. The number of hydrogen-bond donors (Lipinski definition) is 0. The van der Waals surface area contributed by atoms with Crippen LogP contribution < -0.4 is 0 Å². The largest absolute Gasteiger partial charge is 0.204 e. The molecule has 0 atom stereocenters. The van der Waals surface area contributed by atoms with E-state index in [9.17, 15) is 8.78 Å². The summed E-state index contributed by atoms with van der Waals surface area (Å²) >= 11 is 0. The second-order valence-corrected chi connectivity index (χ2v) is 8.35. The average Bonchev–Trinajstić information content (AvgIpc) is 3.18. The molecule has 0 aliphatic heterocycles. The van der Waals surface area contributed by atoms with Gasteiger partial charge in [-0.3, -0.25) is 0 Å². The molecule has 2 saturated carbocycles. The molecule has 26 heavy (non-hydrogen) atoms. The Morgan fingerprint density at radius 2 is 1.27 bits per heavy atom. The van der Waals surface area contributed by atoms with Crippen LogP contribution in [-0.2, 0) is 0 Å². The van der Waals surface area contributed by atoms with Crippen molar-refractivity contribution in [1.29, 1.82) is 0 Å². The standard InChI is InChI=1S/C24H28F2/c25-23-14-13-22(16-24(23)26)21-11-9-20(10-12-21)19-7-5-18(6-8-19)15-17-3-1-2-4-17/h9-14,16-19H,1-8,15H2. The maximum atomic E-state index is 13.4. The molecule has 2 aliphatic carbocycles. The summed E-state index contributed by atoms with van der Waals surface area (Å²) in [6.07, 6.45) is 12.6. The molecule has 0 saturated heterocycles. The molecule has 2 fully saturated rings. The van der Waals surface area contributed by atoms with Crippen molar-refractivity contribution in [2.75, 3.05) is 0 Å². The van der Waals surface area contributed by atoms with Crippen molar-refractivity contribution < 1.29 is 8.78 Å². The Balaban J connectivity index is 1.36. The fourth-order valence-electron chi connectivity index (χ4n) is 5.07. The van der Waals surface area contributed by atoms with Gasteiger partial charge in [-0.2, -0.15) is 0 Å². The second kappa shape index (κ2) is 7.90. The third-order valence-electron chi connectivity index (χ3n) is 6.62. The summed E-state index contributed by atoms with van der Waals surface area (Å²) in [6, 6.07) is 12.6. The Hall–Kier alpha value is -1.70. The minimum absolute atomic E-state index is 0.661. The molecular formula is C24H28F2. The molecule has 0 nitrogen and oxygen atoms in total. The maximum Gasteiger partial charge on any atom is 0.159 e. The lowest BCUT2D eigenvalue weighted by atomic mass is 9.75. The third-order valence-corrected chi connectivity index (χ3v) is 6.62. The topological polar surface area (TPSA) is 0 Å². The van der Waals surface area contributed by atoms with Gasteiger partial charge in [-0.1, -0.05) is 56.0 Å². The van der Waals surface area contributed by atoms with Crippen LogP contribution >= 0.6 is 0 Å². The number of benzene rings is 2. The summed E-state index contributed by atoms with van der Waals surface area (Å²) in [7, 11) is 0. The van der Waals surface area contributed by atoms with Crippen molar-refractivity contribution in [1.82, 2.24) is 0 Å². The molecule has 2 aromatic carbocycles. The van der Waals surface area contributed by atoms with Gasteiger partial charge in [-0.05, 0) is 78.7 Å². The molecule has 2 heteroatoms. The first-order valence-electron chi connectivity index (χ1n) is 10.2. The van der Waals surface area contributed by atoms with Gasteiger partial charge in [-0.15, -0.1) is 0 Å². The quantitative estimate of drug-likeness (QED) is 0.533. The Morgan fingerprint density at radius 3 is 1.92 bits per heavy atom. The van der Waals surface area contributed by atoms with Crippen LogP contribution in [0.2, 0.25) is 0 Å². The zero-order chi connectivity index (χ0) is 17.9. The van der Waals surface area contributed by atoms with Gasteiger partial charge in [0.15, 0.2) is 11.6 Å². The third kappa shape index (κ3) is 4.00. The van der Waals surface area contributed by atoms with Gasteiger partial charge in [0.1, 0.15) is 0 Å². The van der Waals surface area contributed by atoms with E-state index in [1.54, 1.807) is 6.07 Å². The van der Waals surface area contributed by atoms with E-state index < -0.39 is 11.6 Å². The summed E-state index contributed by atoms with van der Waals surface area (Å²) in [5.41, 5.74) is 3.08. The Morgan fingerprint density at radius 1 is 0.654 bits per heavy atom. The maximum absolute atomic E-state index is 13.4. The van der Waals surface area contributed by atoms with Crippen molar-refractivity contribution in [2.45, 2.75) is 63.7 Å². The Kier molecular flexibility index (Phi) is 5.38. The average molecular weight is 354 g/mol. The first-order chi connectivity index (χ1) is 12.7. The van der Waals surface area contributed by atoms with Crippen LogP contribution in [0.4, 0.5) is 8.78 Å². The molecule has 0 radical (unpaired) electrons. The second-order valence-electron chi connectivity index (χ2n) is 8.35. The first-order valence-corrected chi connectivity index (χ1v) is 10.2. The van der Waals surface area contributed by atoms with Gasteiger partial charge in [0, 0.05) is 0 Å². The van der Waals surface area contributed by atoms with E-state index in [1.807, 2.05) is 12.1 Å². The minimum Gasteiger partial charge on any atom is -0.204 e. The van der Waals surface area contributed by atoms with Crippen molar-refractivity contribution in [3.63, 3.8) is 0 Å². The molecule has 2 aromatic rings. The predicted molar refractivity (Wildman–Crippen MR) is 103 cm³/mol. The van der Waals surface area contributed by atoms with E-state index in [1.165, 1.54) is 75.5 Å². The minimum atomic E-state index is -0.792. The summed E-state index contributed by atoms with van der Waals surface area (Å²) in [5, 5.41) is 0. The van der Waals surface area contributed by atoms with Gasteiger partial charge in [-0.25, -0.2) is 8.78 Å². The van der Waals surface area contributed by atoms with Crippen LogP contribution in [0.1, 0.15) is 69.3 Å². The summed E-state index contributed by atoms with van der Waals surface area (Å²) in [6.45, 7) is 0. The lowest BCUT2D eigenvalue weighted by Gasteiger charge is -2.30. The van der Waals surface area contributed by atoms with Crippen molar-refractivity contribution in [3.05, 3.63) is 59.7 Å². The molecule has 4 rings (SSSR count). The predicted octanol–water partition coefficient (Wildman–Crippen LogP) is 7.49. The number of rotatable bonds is 4. The zero-order valence-electron chi connectivity index (χ0n) is 15.4. The van der Waals surface area contributed by atoms with Crippen LogP contribution in [0, 0.1) is 23.5 Å². The monoisotopic (exact) mass is 354 g/mol. The highest BCUT2D eigenvalue weighted by atomic mass is 19.2. The molecule has 138 valence electrons. The number of hydrogen-bond acceptors (Lipinski definition) is 0. The smallest absolute Gasteiger partial charge is 0.159 e. The molecule has 0 aromatic heterocycles. The Bertz CT molecular complexity index is 720. The highest BCUT2D eigenvalue weighted by Gasteiger charge is 2.26. The summed E-state index contributed by atoms with van der Waals surface area (Å²) < 4.78 is 26.5. The molecule has 0 bridgehead atoms. The van der Waals surface area contributed by atoms with E-state index >= 15 is 0 Å². The van der Waals surface area contributed by atoms with Gasteiger partial charge >= 0.3 is 0 Å². The van der Waals surface area contributed by atoms with Crippen LogP contribution in [0.3, 0.4) is 0 Å². The van der Waals surface area contributed by atoms with Gasteiger partial charge in [0.05, 0.1) is 0 Å². The van der Waals surface area contributed by atoms with Crippen LogP contribution in [0.5, 0.6) is 0 Å². The zero-order valence-corrected chi connectivity index (χ0v) is 15.4. The fourth-order valence-corrected chi connectivity index (χ4v) is 5.07. The van der Waals surface area contributed by atoms with Crippen molar-refractivity contribution in [3.8, 4) is 11.1 Å². The van der Waals surface area contributed by atoms with Crippen molar-refractivity contribution >= 4 is 0 Å². The molecule has 0 amide bonds. The van der Waals surface area contributed by atoms with E-state index in [0.717, 1.165) is 23.0 Å². The fraction of sp³-hybridized carbons (Fsp3) is 0.500. The SMILES string of the molecule is Fc1ccc(-c2ccc(C3CCC(CC4CCCC4)CC3)cc2)cc1F. The first kappa shape index (κ1) is 17.7.